The third-order valence-corrected chi connectivity index (χ3v) is 0.971. The molecule has 5 nitrogen and oxygen atoms in total. The second-order valence-corrected chi connectivity index (χ2v) is 1.43. The molecule has 0 bridgehead atoms. The molecule has 0 unspecified atom stereocenters. The first-order chi connectivity index (χ1) is 4.35. The highest BCUT2D eigenvalue weighted by molar-refractivity contribution is 4.34. The van der Waals surface area contributed by atoms with E-state index in [1.165, 1.54) is 0 Å². The van der Waals surface area contributed by atoms with Crippen molar-refractivity contribution in [1.82, 2.24) is 10.6 Å². The Morgan fingerprint density at radius 1 is 1.56 bits per heavy atom. The van der Waals surface area contributed by atoms with E-state index in [0.717, 1.165) is 13.1 Å². The van der Waals surface area contributed by atoms with E-state index in [0.29, 0.717) is 0 Å². The molecule has 0 amide bonds. The molecule has 0 aliphatic heterocycles. The summed E-state index contributed by atoms with van der Waals surface area (Å²) in [6.07, 6.45) is 0. The fourth-order valence-corrected chi connectivity index (χ4v) is 0.427. The molecule has 0 aliphatic rings. The molecule has 9 heavy (non-hydrogen) atoms. The summed E-state index contributed by atoms with van der Waals surface area (Å²) in [5, 5.41) is 3.86. The van der Waals surface area contributed by atoms with E-state index in [1.54, 1.807) is 5.01 Å². The van der Waals surface area contributed by atoms with Gasteiger partial charge in [0.05, 0.1) is 0 Å². The van der Waals surface area contributed by atoms with Crippen LogP contribution in [0.2, 0.25) is 0 Å². The first kappa shape index (κ1) is 8.32. The van der Waals surface area contributed by atoms with E-state index in [1.807, 2.05) is 13.8 Å². The van der Waals surface area contributed by atoms with Crippen molar-refractivity contribution in [2.45, 2.75) is 13.8 Å². The molecule has 0 atom stereocenters. The summed E-state index contributed by atoms with van der Waals surface area (Å²) in [5.74, 6) is 0. The predicted octanol–water partition coefficient (Wildman–Crippen LogP) is 0.446. The lowest BCUT2D eigenvalue weighted by Gasteiger charge is -2.14. The Morgan fingerprint density at radius 3 is 2.44 bits per heavy atom. The highest BCUT2D eigenvalue weighted by Gasteiger charge is 1.94. The summed E-state index contributed by atoms with van der Waals surface area (Å²) >= 11 is 0. The number of nitrogens with one attached hydrogen (secondary N) is 1. The van der Waals surface area contributed by atoms with Crippen LogP contribution in [-0.2, 0) is 4.94 Å². The highest BCUT2D eigenvalue weighted by Crippen LogP contribution is 1.78. The van der Waals surface area contributed by atoms with Crippen molar-refractivity contribution in [3.05, 3.63) is 4.91 Å². The van der Waals surface area contributed by atoms with Crippen molar-refractivity contribution in [1.29, 1.82) is 0 Å². The zero-order valence-electron chi connectivity index (χ0n) is 5.63. The van der Waals surface area contributed by atoms with Gasteiger partial charge in [0.15, 0.2) is 5.34 Å². The van der Waals surface area contributed by atoms with Gasteiger partial charge in [-0.05, 0) is 0 Å². The molecule has 0 saturated carbocycles. The van der Waals surface area contributed by atoms with Gasteiger partial charge in [0.1, 0.15) is 0 Å². The lowest BCUT2D eigenvalue weighted by Crippen LogP contribution is -2.36. The van der Waals surface area contributed by atoms with Crippen molar-refractivity contribution < 1.29 is 4.94 Å². The van der Waals surface area contributed by atoms with Gasteiger partial charge < -0.3 is 0 Å². The van der Waals surface area contributed by atoms with E-state index in [2.05, 4.69) is 15.9 Å². The van der Waals surface area contributed by atoms with Gasteiger partial charge in [-0.15, -0.1) is 4.91 Å². The number of nitrogens with zero attached hydrogens (tertiary/aromatic N) is 2. The van der Waals surface area contributed by atoms with Crippen LogP contribution in [0.3, 0.4) is 0 Å². The second-order valence-electron chi connectivity index (χ2n) is 1.43. The minimum absolute atomic E-state index is 0.770. The summed E-state index contributed by atoms with van der Waals surface area (Å²) in [6.45, 7) is 5.41. The molecule has 0 aromatic rings. The summed E-state index contributed by atoms with van der Waals surface area (Å²) in [7, 11) is 0. The smallest absolute Gasteiger partial charge is 0.177 e. The van der Waals surface area contributed by atoms with Gasteiger partial charge in [-0.2, -0.15) is 0 Å². The molecule has 0 aliphatic carbocycles. The topological polar surface area (TPSA) is 53.9 Å². The Labute approximate surface area is 53.8 Å². The predicted molar refractivity (Wildman–Crippen MR) is 32.9 cm³/mol. The molecule has 0 fully saturated rings. The summed E-state index contributed by atoms with van der Waals surface area (Å²) < 4.78 is 0. The monoisotopic (exact) mass is 133 g/mol. The van der Waals surface area contributed by atoms with Crippen LogP contribution in [-0.4, -0.2) is 18.1 Å². The minimum Gasteiger partial charge on any atom is -0.247 e. The molecule has 0 saturated heterocycles. The molecule has 0 rings (SSSR count). The van der Waals surface area contributed by atoms with Crippen molar-refractivity contribution in [3.63, 3.8) is 0 Å². The first-order valence-corrected chi connectivity index (χ1v) is 2.84. The molecule has 5 heteroatoms. The maximum atomic E-state index is 9.38. The maximum absolute atomic E-state index is 9.38. The first-order valence-electron chi connectivity index (χ1n) is 2.84. The average Bonchev–Trinajstić information content (AvgIpc) is 1.91. The average molecular weight is 133 g/mol. The molecule has 54 valence electrons. The van der Waals surface area contributed by atoms with Gasteiger partial charge in [0.2, 0.25) is 0 Å². The van der Waals surface area contributed by atoms with Crippen LogP contribution in [0.15, 0.2) is 5.34 Å². The van der Waals surface area contributed by atoms with Crippen LogP contribution >= 0.6 is 0 Å². The van der Waals surface area contributed by atoms with Crippen LogP contribution in [0.4, 0.5) is 0 Å². The molecular formula is C4H11N3O2. The number of hydrazine groups is 1. The minimum atomic E-state index is 0.770. The number of hydrogen-bond acceptors (Lipinski definition) is 5. The third-order valence-electron chi connectivity index (χ3n) is 0.971. The lowest BCUT2D eigenvalue weighted by atomic mass is 10.6. The Morgan fingerprint density at radius 2 is 2.11 bits per heavy atom. The largest absolute Gasteiger partial charge is 0.247 e. The summed E-state index contributed by atoms with van der Waals surface area (Å²) in [5.41, 5.74) is 2.32. The van der Waals surface area contributed by atoms with E-state index < -0.39 is 0 Å². The van der Waals surface area contributed by atoms with Crippen molar-refractivity contribution in [2.24, 2.45) is 5.34 Å². The number of hydrogen-bond donors (Lipinski definition) is 1. The van der Waals surface area contributed by atoms with Crippen molar-refractivity contribution in [3.8, 4) is 0 Å². The Balaban J connectivity index is 3.19. The second kappa shape index (κ2) is 5.46. The van der Waals surface area contributed by atoms with Gasteiger partial charge in [0, 0.05) is 13.1 Å². The van der Waals surface area contributed by atoms with Gasteiger partial charge in [-0.3, -0.25) is 0 Å². The quantitative estimate of drug-likeness (QED) is 0.437. The SMILES string of the molecule is CCN(CC)NON=O. The maximum Gasteiger partial charge on any atom is 0.177 e. The summed E-state index contributed by atoms with van der Waals surface area (Å²) in [6, 6.07) is 0. The molecule has 1 N–H and O–H groups in total. The molecule has 0 aromatic carbocycles. The van der Waals surface area contributed by atoms with E-state index >= 15 is 0 Å². The third kappa shape index (κ3) is 3.87. The van der Waals surface area contributed by atoms with Gasteiger partial charge in [-0.25, -0.2) is 9.95 Å². The fraction of sp³-hybridized carbons (Fsp3) is 1.00. The van der Waals surface area contributed by atoms with Crippen LogP contribution in [0.1, 0.15) is 13.8 Å². The molecule has 0 heterocycles. The fourth-order valence-electron chi connectivity index (χ4n) is 0.427. The van der Waals surface area contributed by atoms with E-state index in [4.69, 9.17) is 0 Å². The van der Waals surface area contributed by atoms with E-state index in [-0.39, 0.29) is 0 Å². The molecular weight excluding hydrogens is 122 g/mol. The van der Waals surface area contributed by atoms with Gasteiger partial charge in [-0.1, -0.05) is 19.4 Å². The standard InChI is InChI=1S/C4H11N3O2/c1-3-7(4-2)5-9-6-8/h5H,3-4H2,1-2H3. The Hall–Kier alpha value is -0.680. The number of rotatable bonds is 5. The summed E-state index contributed by atoms with van der Waals surface area (Å²) in [4.78, 5) is 13.4. The Kier molecular flexibility index (Phi) is 5.04. The van der Waals surface area contributed by atoms with Crippen LogP contribution in [0.25, 0.3) is 0 Å². The molecule has 0 spiro atoms. The van der Waals surface area contributed by atoms with Crippen molar-refractivity contribution >= 4 is 0 Å². The molecule has 0 radical (unpaired) electrons. The zero-order valence-corrected chi connectivity index (χ0v) is 5.63. The Bertz CT molecular complexity index is 74.2. The van der Waals surface area contributed by atoms with Gasteiger partial charge >= 0.3 is 0 Å². The molecule has 0 aromatic heterocycles. The highest BCUT2D eigenvalue weighted by atomic mass is 16.9. The van der Waals surface area contributed by atoms with Crippen LogP contribution in [0.5, 0.6) is 0 Å². The van der Waals surface area contributed by atoms with Crippen LogP contribution in [0, 0.1) is 4.91 Å². The normalized spacial score (nSPS) is 9.67. The van der Waals surface area contributed by atoms with Crippen molar-refractivity contribution in [2.75, 3.05) is 13.1 Å². The van der Waals surface area contributed by atoms with E-state index in [9.17, 15) is 4.91 Å². The van der Waals surface area contributed by atoms with Crippen LogP contribution < -0.4 is 5.59 Å². The zero-order chi connectivity index (χ0) is 7.11. The van der Waals surface area contributed by atoms with Gasteiger partial charge in [0.25, 0.3) is 0 Å². The lowest BCUT2D eigenvalue weighted by molar-refractivity contribution is -0.0799.